The van der Waals surface area contributed by atoms with E-state index in [-0.39, 0.29) is 11.9 Å². The summed E-state index contributed by atoms with van der Waals surface area (Å²) >= 11 is 6.03. The molecule has 1 aliphatic heterocycles. The van der Waals surface area contributed by atoms with E-state index in [1.165, 1.54) is 0 Å². The van der Waals surface area contributed by atoms with Gasteiger partial charge in [0.1, 0.15) is 0 Å². The summed E-state index contributed by atoms with van der Waals surface area (Å²) in [6, 6.07) is 7.90. The summed E-state index contributed by atoms with van der Waals surface area (Å²) in [6.45, 7) is 4.48. The maximum Gasteiger partial charge on any atom is 0.223 e. The van der Waals surface area contributed by atoms with Crippen LogP contribution in [0.1, 0.15) is 31.4 Å². The lowest BCUT2D eigenvalue weighted by atomic mass is 10.0. The molecule has 0 radical (unpaired) electrons. The number of carbonyl (C=O) groups is 1. The first-order valence-corrected chi connectivity index (χ1v) is 6.86. The zero-order chi connectivity index (χ0) is 13.0. The Morgan fingerprint density at radius 1 is 1.56 bits per heavy atom. The van der Waals surface area contributed by atoms with Crippen LogP contribution in [0.5, 0.6) is 0 Å². The molecule has 0 aromatic heterocycles. The van der Waals surface area contributed by atoms with Crippen LogP contribution in [-0.2, 0) is 4.79 Å². The summed E-state index contributed by atoms with van der Waals surface area (Å²) in [5.41, 5.74) is 1.11. The minimum absolute atomic E-state index is 0.108. The van der Waals surface area contributed by atoms with E-state index in [9.17, 15) is 4.79 Å². The Morgan fingerprint density at radius 2 is 2.39 bits per heavy atom. The Balaban J connectivity index is 2.20. The van der Waals surface area contributed by atoms with Gasteiger partial charge in [0.15, 0.2) is 0 Å². The van der Waals surface area contributed by atoms with E-state index in [0.29, 0.717) is 6.42 Å². The zero-order valence-corrected chi connectivity index (χ0v) is 11.4. The number of rotatable bonds is 3. The molecular formula is C14H19ClN2O. The Hall–Kier alpha value is -1.06. The predicted octanol–water partition coefficient (Wildman–Crippen LogP) is 2.61. The number of amides is 1. The molecule has 1 atom stereocenters. The van der Waals surface area contributed by atoms with Gasteiger partial charge in [-0.25, -0.2) is 0 Å². The zero-order valence-electron chi connectivity index (χ0n) is 10.7. The molecule has 3 nitrogen and oxygen atoms in total. The number of carbonyl (C=O) groups excluding carboxylic acids is 1. The summed E-state index contributed by atoms with van der Waals surface area (Å²) in [7, 11) is 0. The SMILES string of the molecule is CCCC(=O)N1CCNCC1c1cccc(Cl)c1. The molecule has 1 N–H and O–H groups in total. The lowest BCUT2D eigenvalue weighted by molar-refractivity contribution is -0.134. The Bertz CT molecular complexity index is 422. The Morgan fingerprint density at radius 3 is 3.11 bits per heavy atom. The summed E-state index contributed by atoms with van der Waals surface area (Å²) in [6.07, 6.45) is 1.52. The molecule has 1 aromatic carbocycles. The van der Waals surface area contributed by atoms with Gasteiger partial charge in [0.25, 0.3) is 0 Å². The molecule has 18 heavy (non-hydrogen) atoms. The third kappa shape index (κ3) is 3.03. The highest BCUT2D eigenvalue weighted by molar-refractivity contribution is 6.30. The van der Waals surface area contributed by atoms with Crippen LogP contribution in [0.4, 0.5) is 0 Å². The molecule has 1 heterocycles. The molecule has 2 rings (SSSR count). The minimum atomic E-state index is 0.108. The standard InChI is InChI=1S/C14H19ClN2O/c1-2-4-14(18)17-8-7-16-10-13(17)11-5-3-6-12(15)9-11/h3,5-6,9,13,16H,2,4,7-8,10H2,1H3. The number of benzene rings is 1. The molecule has 98 valence electrons. The smallest absolute Gasteiger partial charge is 0.223 e. The fourth-order valence-electron chi connectivity index (χ4n) is 2.37. The van der Waals surface area contributed by atoms with Crippen LogP contribution in [0.15, 0.2) is 24.3 Å². The van der Waals surface area contributed by atoms with Crippen LogP contribution in [0.3, 0.4) is 0 Å². The highest BCUT2D eigenvalue weighted by Gasteiger charge is 2.27. The van der Waals surface area contributed by atoms with Crippen molar-refractivity contribution in [1.82, 2.24) is 10.2 Å². The quantitative estimate of drug-likeness (QED) is 0.912. The van der Waals surface area contributed by atoms with Crippen LogP contribution >= 0.6 is 11.6 Å². The van der Waals surface area contributed by atoms with Crippen molar-refractivity contribution in [2.24, 2.45) is 0 Å². The molecule has 1 fully saturated rings. The van der Waals surface area contributed by atoms with E-state index in [4.69, 9.17) is 11.6 Å². The molecule has 0 spiro atoms. The lowest BCUT2D eigenvalue weighted by Gasteiger charge is -2.36. The fraction of sp³-hybridized carbons (Fsp3) is 0.500. The Labute approximate surface area is 113 Å². The first-order chi connectivity index (χ1) is 8.72. The second-order valence-corrected chi connectivity index (χ2v) is 5.05. The molecule has 4 heteroatoms. The van der Waals surface area contributed by atoms with Crippen molar-refractivity contribution < 1.29 is 4.79 Å². The third-order valence-electron chi connectivity index (χ3n) is 3.26. The average Bonchev–Trinajstić information content (AvgIpc) is 2.39. The molecule has 1 amide bonds. The first kappa shape index (κ1) is 13.4. The molecule has 1 aliphatic rings. The number of nitrogens with zero attached hydrogens (tertiary/aromatic N) is 1. The van der Waals surface area contributed by atoms with Crippen molar-refractivity contribution in [3.8, 4) is 0 Å². The van der Waals surface area contributed by atoms with Crippen LogP contribution in [0, 0.1) is 0 Å². The van der Waals surface area contributed by atoms with E-state index in [1.54, 1.807) is 0 Å². The monoisotopic (exact) mass is 266 g/mol. The van der Waals surface area contributed by atoms with Gasteiger partial charge in [-0.3, -0.25) is 4.79 Å². The maximum atomic E-state index is 12.1. The largest absolute Gasteiger partial charge is 0.333 e. The Kier molecular flexibility index (Phi) is 4.61. The highest BCUT2D eigenvalue weighted by atomic mass is 35.5. The van der Waals surface area contributed by atoms with E-state index in [1.807, 2.05) is 36.1 Å². The second-order valence-electron chi connectivity index (χ2n) is 4.61. The minimum Gasteiger partial charge on any atom is -0.333 e. The van der Waals surface area contributed by atoms with Gasteiger partial charge < -0.3 is 10.2 Å². The van der Waals surface area contributed by atoms with Crippen molar-refractivity contribution in [3.05, 3.63) is 34.9 Å². The van der Waals surface area contributed by atoms with Gasteiger partial charge >= 0.3 is 0 Å². The number of hydrogen-bond donors (Lipinski definition) is 1. The van der Waals surface area contributed by atoms with Gasteiger partial charge in [0, 0.05) is 31.1 Å². The average molecular weight is 267 g/mol. The number of hydrogen-bond acceptors (Lipinski definition) is 2. The fourth-order valence-corrected chi connectivity index (χ4v) is 2.57. The predicted molar refractivity (Wildman–Crippen MR) is 73.7 cm³/mol. The molecule has 1 aromatic rings. The first-order valence-electron chi connectivity index (χ1n) is 6.48. The second kappa shape index (κ2) is 6.21. The van der Waals surface area contributed by atoms with Crippen molar-refractivity contribution in [3.63, 3.8) is 0 Å². The maximum absolute atomic E-state index is 12.1. The van der Waals surface area contributed by atoms with Crippen LogP contribution in [0.2, 0.25) is 5.02 Å². The number of halogens is 1. The molecule has 0 aliphatic carbocycles. The van der Waals surface area contributed by atoms with Gasteiger partial charge in [-0.1, -0.05) is 30.7 Å². The summed E-state index contributed by atoms with van der Waals surface area (Å²) in [5, 5.41) is 4.07. The number of piperazine rings is 1. The summed E-state index contributed by atoms with van der Waals surface area (Å²) in [4.78, 5) is 14.1. The normalized spacial score (nSPS) is 19.9. The van der Waals surface area contributed by atoms with Crippen molar-refractivity contribution >= 4 is 17.5 Å². The number of nitrogens with one attached hydrogen (secondary N) is 1. The van der Waals surface area contributed by atoms with Crippen molar-refractivity contribution in [2.45, 2.75) is 25.8 Å². The summed E-state index contributed by atoms with van der Waals surface area (Å²) in [5.74, 6) is 0.240. The van der Waals surface area contributed by atoms with Gasteiger partial charge in [-0.05, 0) is 24.1 Å². The third-order valence-corrected chi connectivity index (χ3v) is 3.50. The van der Waals surface area contributed by atoms with Crippen LogP contribution in [0.25, 0.3) is 0 Å². The topological polar surface area (TPSA) is 32.3 Å². The van der Waals surface area contributed by atoms with E-state index >= 15 is 0 Å². The molecule has 1 saturated heterocycles. The van der Waals surface area contributed by atoms with E-state index < -0.39 is 0 Å². The van der Waals surface area contributed by atoms with Crippen LogP contribution in [-0.4, -0.2) is 30.4 Å². The van der Waals surface area contributed by atoms with Gasteiger partial charge in [0.05, 0.1) is 6.04 Å². The van der Waals surface area contributed by atoms with Crippen LogP contribution < -0.4 is 5.32 Å². The van der Waals surface area contributed by atoms with Gasteiger partial charge in [-0.2, -0.15) is 0 Å². The summed E-state index contributed by atoms with van der Waals surface area (Å²) < 4.78 is 0. The van der Waals surface area contributed by atoms with E-state index in [2.05, 4.69) is 5.32 Å². The molecular weight excluding hydrogens is 248 g/mol. The van der Waals surface area contributed by atoms with Crippen molar-refractivity contribution in [2.75, 3.05) is 19.6 Å². The van der Waals surface area contributed by atoms with Crippen molar-refractivity contribution in [1.29, 1.82) is 0 Å². The van der Waals surface area contributed by atoms with E-state index in [0.717, 1.165) is 36.6 Å². The molecule has 0 bridgehead atoms. The molecule has 1 unspecified atom stereocenters. The van der Waals surface area contributed by atoms with Gasteiger partial charge in [0.2, 0.25) is 5.91 Å². The lowest BCUT2D eigenvalue weighted by Crippen LogP contribution is -2.48. The van der Waals surface area contributed by atoms with Gasteiger partial charge in [-0.15, -0.1) is 0 Å². The highest BCUT2D eigenvalue weighted by Crippen LogP contribution is 2.25. The molecule has 0 saturated carbocycles.